The van der Waals surface area contributed by atoms with Gasteiger partial charge in [-0.15, -0.1) is 0 Å². The number of benzene rings is 4. The van der Waals surface area contributed by atoms with Crippen LogP contribution in [0.4, 0.5) is 11.4 Å². The van der Waals surface area contributed by atoms with E-state index in [9.17, 15) is 9.59 Å². The van der Waals surface area contributed by atoms with Crippen LogP contribution in [0.3, 0.4) is 0 Å². The Hall–Kier alpha value is -4.55. The number of ketones is 1. The van der Waals surface area contributed by atoms with Gasteiger partial charge in [-0.05, 0) is 72.4 Å². The van der Waals surface area contributed by atoms with Gasteiger partial charge < -0.3 is 14.8 Å². The van der Waals surface area contributed by atoms with Gasteiger partial charge in [0.2, 0.25) is 5.91 Å². The molecule has 0 aromatic heterocycles. The predicted molar refractivity (Wildman–Crippen MR) is 179 cm³/mol. The molecule has 0 unspecified atom stereocenters. The van der Waals surface area contributed by atoms with E-state index in [0.717, 1.165) is 33.8 Å². The van der Waals surface area contributed by atoms with E-state index in [1.54, 1.807) is 4.90 Å². The third-order valence-corrected chi connectivity index (χ3v) is 8.63. The Morgan fingerprint density at radius 1 is 0.889 bits per heavy atom. The molecule has 0 spiro atoms. The fourth-order valence-electron chi connectivity index (χ4n) is 6.21. The number of rotatable bonds is 8. The predicted octanol–water partition coefficient (Wildman–Crippen LogP) is 8.87. The van der Waals surface area contributed by atoms with E-state index >= 15 is 0 Å². The molecule has 230 valence electrons. The summed E-state index contributed by atoms with van der Waals surface area (Å²) in [5, 5.41) is 4.27. The maximum Gasteiger partial charge on any atom is 0.230 e. The first kappa shape index (κ1) is 30.5. The molecule has 6 rings (SSSR count). The minimum atomic E-state index is -0.653. The molecule has 7 heteroatoms. The minimum absolute atomic E-state index is 0.0259. The monoisotopic (exact) mass is 620 g/mol. The van der Waals surface area contributed by atoms with Crippen molar-refractivity contribution in [1.29, 1.82) is 0 Å². The smallest absolute Gasteiger partial charge is 0.230 e. The zero-order valence-electron chi connectivity index (χ0n) is 25.8. The second-order valence-electron chi connectivity index (χ2n) is 11.8. The number of Topliss-reactive ketones (excluding diaryl/α,β-unsaturated/α-hetero) is 1. The number of hydrogen-bond donors (Lipinski definition) is 1. The number of carbonyl (C=O) groups is 2. The fraction of sp³-hybridized carbons (Fsp3) is 0.263. The van der Waals surface area contributed by atoms with Gasteiger partial charge in [-0.3, -0.25) is 14.5 Å². The summed E-state index contributed by atoms with van der Waals surface area (Å²) in [6, 6.07) is 30.6. The van der Waals surface area contributed by atoms with Crippen molar-refractivity contribution in [3.05, 3.63) is 130 Å². The Labute approximate surface area is 269 Å². The van der Waals surface area contributed by atoms with Crippen LogP contribution in [0, 0.1) is 5.92 Å². The van der Waals surface area contributed by atoms with Gasteiger partial charge in [0.25, 0.3) is 0 Å². The highest BCUT2D eigenvalue weighted by Gasteiger charge is 2.42. The molecule has 0 radical (unpaired) electrons. The number of carbonyl (C=O) groups excluding carboxylic acids is 2. The van der Waals surface area contributed by atoms with Crippen molar-refractivity contribution in [3.8, 4) is 11.5 Å². The van der Waals surface area contributed by atoms with Crippen molar-refractivity contribution in [2.24, 2.45) is 5.92 Å². The Morgan fingerprint density at radius 3 is 2.36 bits per heavy atom. The van der Waals surface area contributed by atoms with E-state index in [-0.39, 0.29) is 23.5 Å². The number of hydrogen-bond acceptors (Lipinski definition) is 5. The van der Waals surface area contributed by atoms with Crippen molar-refractivity contribution in [1.82, 2.24) is 0 Å². The summed E-state index contributed by atoms with van der Waals surface area (Å²) < 4.78 is 12.3. The van der Waals surface area contributed by atoms with E-state index in [4.69, 9.17) is 21.1 Å². The molecular weight excluding hydrogens is 584 g/mol. The second-order valence-corrected chi connectivity index (χ2v) is 12.2. The van der Waals surface area contributed by atoms with Crippen LogP contribution in [0.15, 0.2) is 108 Å². The zero-order valence-corrected chi connectivity index (χ0v) is 26.5. The van der Waals surface area contributed by atoms with Crippen LogP contribution in [-0.2, 0) is 16.2 Å². The molecule has 2 aliphatic rings. The lowest BCUT2D eigenvalue weighted by molar-refractivity contribution is -0.121. The number of halogens is 1. The largest absolute Gasteiger partial charge is 0.490 e. The third-order valence-electron chi connectivity index (χ3n) is 8.38. The number of para-hydroxylation sites is 2. The average Bonchev–Trinajstić information content (AvgIpc) is 3.20. The van der Waals surface area contributed by atoms with Gasteiger partial charge in [0.1, 0.15) is 6.61 Å². The molecule has 45 heavy (non-hydrogen) atoms. The lowest BCUT2D eigenvalue weighted by Crippen LogP contribution is -2.40. The molecule has 4 aromatic rings. The summed E-state index contributed by atoms with van der Waals surface area (Å²) in [5.74, 6) is 0.830. The molecule has 2 atom stereocenters. The fourth-order valence-corrected chi connectivity index (χ4v) is 6.34. The van der Waals surface area contributed by atoms with Crippen LogP contribution in [0.2, 0.25) is 5.02 Å². The van der Waals surface area contributed by atoms with E-state index in [2.05, 4.69) is 17.4 Å². The number of nitrogens with zero attached hydrogens (tertiary/aromatic N) is 1. The highest BCUT2D eigenvalue weighted by Crippen LogP contribution is 2.48. The van der Waals surface area contributed by atoms with Crippen molar-refractivity contribution >= 4 is 34.7 Å². The third kappa shape index (κ3) is 6.34. The summed E-state index contributed by atoms with van der Waals surface area (Å²) in [6.45, 7) is 6.47. The van der Waals surface area contributed by atoms with E-state index in [1.807, 2.05) is 106 Å². The van der Waals surface area contributed by atoms with Crippen LogP contribution in [0.5, 0.6) is 11.5 Å². The summed E-state index contributed by atoms with van der Waals surface area (Å²) in [7, 11) is 0. The summed E-state index contributed by atoms with van der Waals surface area (Å²) >= 11 is 6.06. The number of nitrogens with one attached hydrogen (secondary N) is 1. The average molecular weight is 621 g/mol. The van der Waals surface area contributed by atoms with E-state index in [0.29, 0.717) is 48.2 Å². The molecule has 0 saturated heterocycles. The molecular formula is C38H37ClN2O4. The van der Waals surface area contributed by atoms with Crippen LogP contribution in [-0.4, -0.2) is 18.3 Å². The van der Waals surface area contributed by atoms with Gasteiger partial charge in [-0.2, -0.15) is 0 Å². The minimum Gasteiger partial charge on any atom is -0.490 e. The Bertz CT molecular complexity index is 1730. The summed E-state index contributed by atoms with van der Waals surface area (Å²) in [4.78, 5) is 30.2. The van der Waals surface area contributed by atoms with Crippen LogP contribution in [0.25, 0.3) is 0 Å². The van der Waals surface area contributed by atoms with Gasteiger partial charge in [0, 0.05) is 28.6 Å². The SMILES string of the molecule is CCOc1cc([C@H]2C3=C(C[C@H](c4ccccc4)CC3=O)Nc3ccccc3N2C(=O)C(C)C)ccc1OCc1ccc(Cl)cc1. The first-order valence-corrected chi connectivity index (χ1v) is 15.9. The van der Waals surface area contributed by atoms with Crippen molar-refractivity contribution in [2.45, 2.75) is 52.2 Å². The highest BCUT2D eigenvalue weighted by molar-refractivity contribution is 6.30. The van der Waals surface area contributed by atoms with Gasteiger partial charge in [-0.1, -0.05) is 86.1 Å². The first-order valence-electron chi connectivity index (χ1n) is 15.5. The molecule has 0 fully saturated rings. The summed E-state index contributed by atoms with van der Waals surface area (Å²) in [6.07, 6.45) is 1.02. The lowest BCUT2D eigenvalue weighted by Gasteiger charge is -2.36. The van der Waals surface area contributed by atoms with Gasteiger partial charge in [0.05, 0.1) is 24.0 Å². The molecule has 0 saturated carbocycles. The second kappa shape index (κ2) is 13.2. The number of ether oxygens (including phenoxy) is 2. The Balaban J connectivity index is 1.47. The molecule has 1 aliphatic heterocycles. The van der Waals surface area contributed by atoms with Crippen LogP contribution in [0.1, 0.15) is 62.3 Å². The molecule has 1 aliphatic carbocycles. The topological polar surface area (TPSA) is 67.9 Å². The van der Waals surface area contributed by atoms with Gasteiger partial charge in [-0.25, -0.2) is 0 Å². The quantitative estimate of drug-likeness (QED) is 0.213. The van der Waals surface area contributed by atoms with Crippen LogP contribution >= 0.6 is 11.6 Å². The van der Waals surface area contributed by atoms with E-state index in [1.165, 1.54) is 0 Å². The van der Waals surface area contributed by atoms with Crippen molar-refractivity contribution < 1.29 is 19.1 Å². The van der Waals surface area contributed by atoms with Crippen molar-refractivity contribution in [2.75, 3.05) is 16.8 Å². The Morgan fingerprint density at radius 2 is 1.62 bits per heavy atom. The van der Waals surface area contributed by atoms with E-state index < -0.39 is 6.04 Å². The van der Waals surface area contributed by atoms with Gasteiger partial charge in [0.15, 0.2) is 17.3 Å². The maximum absolute atomic E-state index is 14.3. The highest BCUT2D eigenvalue weighted by atomic mass is 35.5. The molecule has 1 heterocycles. The lowest BCUT2D eigenvalue weighted by atomic mass is 9.78. The molecule has 0 bridgehead atoms. The number of anilines is 2. The number of fused-ring (bicyclic) bond motifs is 1. The molecule has 1 amide bonds. The zero-order chi connectivity index (χ0) is 31.5. The maximum atomic E-state index is 14.3. The van der Waals surface area contributed by atoms with Crippen LogP contribution < -0.4 is 19.7 Å². The molecule has 6 nitrogen and oxygen atoms in total. The molecule has 4 aromatic carbocycles. The Kier molecular flexibility index (Phi) is 8.95. The van der Waals surface area contributed by atoms with Gasteiger partial charge >= 0.3 is 0 Å². The van der Waals surface area contributed by atoms with Crippen molar-refractivity contribution in [3.63, 3.8) is 0 Å². The normalized spacial score (nSPS) is 17.7. The standard InChI is InChI=1S/C38H37ClN2O4/c1-4-44-35-22-27(16-19-34(35)45-23-25-14-17-29(39)18-15-25)37-36-31(20-28(21-33(36)42)26-10-6-5-7-11-26)40-30-12-8-9-13-32(30)41(37)38(43)24(2)3/h5-19,22,24,28,37,40H,4,20-21,23H2,1-3H3/t28-,37-/m0/s1. The first-order chi connectivity index (χ1) is 21.8. The summed E-state index contributed by atoms with van der Waals surface area (Å²) in [5.41, 5.74) is 5.88. The number of amides is 1. The number of allylic oxidation sites excluding steroid dienone is 1. The molecule has 1 N–H and O–H groups in total.